The molecule has 0 aliphatic carbocycles. The number of carbonyl (C=O) groups excluding carboxylic acids is 3. The average molecular weight is 272 g/mol. The highest BCUT2D eigenvalue weighted by Crippen LogP contribution is 2.10. The van der Waals surface area contributed by atoms with Crippen molar-refractivity contribution in [3.63, 3.8) is 0 Å². The van der Waals surface area contributed by atoms with Gasteiger partial charge in [0.2, 0.25) is 5.91 Å². The highest BCUT2D eigenvalue weighted by Gasteiger charge is 2.28. The molecule has 0 aliphatic rings. The van der Waals surface area contributed by atoms with Crippen molar-refractivity contribution in [2.75, 3.05) is 0 Å². The Bertz CT molecular complexity index is 334. The van der Waals surface area contributed by atoms with E-state index in [0.29, 0.717) is 6.29 Å². The van der Waals surface area contributed by atoms with Crippen LogP contribution >= 0.6 is 0 Å². The predicted octanol–water partition coefficient (Wildman–Crippen LogP) is 0.385. The Morgan fingerprint density at radius 2 is 1.84 bits per heavy atom. The molecule has 0 spiro atoms. The molecule has 0 aliphatic heterocycles. The molecule has 0 aromatic rings. The van der Waals surface area contributed by atoms with Crippen molar-refractivity contribution in [2.24, 2.45) is 11.7 Å². The van der Waals surface area contributed by atoms with E-state index >= 15 is 0 Å². The van der Waals surface area contributed by atoms with Gasteiger partial charge in [-0.05, 0) is 26.7 Å². The van der Waals surface area contributed by atoms with E-state index in [9.17, 15) is 14.4 Å². The molecule has 0 saturated heterocycles. The number of hydrogen-bond acceptors (Lipinski definition) is 5. The quantitative estimate of drug-likeness (QED) is 0.538. The average Bonchev–Trinajstić information content (AvgIpc) is 2.24. The first kappa shape index (κ1) is 17.6. The number of hydrogen-bond donors (Lipinski definition) is 2. The zero-order valence-corrected chi connectivity index (χ0v) is 12.2. The van der Waals surface area contributed by atoms with Crippen molar-refractivity contribution in [1.82, 2.24) is 5.32 Å². The van der Waals surface area contributed by atoms with Crippen molar-refractivity contribution in [1.29, 1.82) is 0 Å². The molecule has 0 fully saturated rings. The van der Waals surface area contributed by atoms with Gasteiger partial charge < -0.3 is 20.6 Å². The van der Waals surface area contributed by atoms with E-state index in [-0.39, 0.29) is 12.3 Å². The van der Waals surface area contributed by atoms with Gasteiger partial charge in [-0.2, -0.15) is 0 Å². The van der Waals surface area contributed by atoms with Gasteiger partial charge in [0.15, 0.2) is 0 Å². The lowest BCUT2D eigenvalue weighted by molar-refractivity contribution is -0.159. The topological polar surface area (TPSA) is 98.5 Å². The fraction of sp³-hybridized carbons (Fsp3) is 0.769. The van der Waals surface area contributed by atoms with Crippen LogP contribution in [-0.4, -0.2) is 35.8 Å². The van der Waals surface area contributed by atoms with Gasteiger partial charge in [0.05, 0.1) is 6.04 Å². The zero-order valence-electron chi connectivity index (χ0n) is 12.2. The van der Waals surface area contributed by atoms with Crippen LogP contribution in [0, 0.1) is 5.92 Å². The van der Waals surface area contributed by atoms with E-state index in [1.165, 1.54) is 0 Å². The van der Waals surface area contributed by atoms with E-state index in [1.807, 2.05) is 0 Å². The minimum atomic E-state index is -0.992. The van der Waals surface area contributed by atoms with Gasteiger partial charge in [-0.15, -0.1) is 0 Å². The normalized spacial score (nSPS) is 14.7. The summed E-state index contributed by atoms with van der Waals surface area (Å²) in [6, 6.07) is -1.72. The maximum Gasteiger partial charge on any atom is 0.329 e. The van der Waals surface area contributed by atoms with Crippen LogP contribution in [0.5, 0.6) is 0 Å². The van der Waals surface area contributed by atoms with E-state index in [1.54, 1.807) is 34.6 Å². The molecule has 0 radical (unpaired) electrons. The van der Waals surface area contributed by atoms with Crippen molar-refractivity contribution < 1.29 is 19.1 Å². The lowest BCUT2D eigenvalue weighted by atomic mass is 10.0. The monoisotopic (exact) mass is 272 g/mol. The van der Waals surface area contributed by atoms with Crippen molar-refractivity contribution in [3.8, 4) is 0 Å². The summed E-state index contributed by atoms with van der Waals surface area (Å²) in [4.78, 5) is 34.2. The second-order valence-electron chi connectivity index (χ2n) is 5.77. The van der Waals surface area contributed by atoms with Crippen molar-refractivity contribution in [2.45, 2.75) is 58.7 Å². The Hall–Kier alpha value is -1.43. The maximum atomic E-state index is 11.8. The third kappa shape index (κ3) is 6.91. The van der Waals surface area contributed by atoms with Crippen LogP contribution in [0.25, 0.3) is 0 Å². The molecule has 0 heterocycles. The van der Waals surface area contributed by atoms with Crippen LogP contribution in [-0.2, 0) is 19.1 Å². The van der Waals surface area contributed by atoms with Crippen LogP contribution in [0.3, 0.4) is 0 Å². The summed E-state index contributed by atoms with van der Waals surface area (Å²) in [5.41, 5.74) is 5.00. The molecule has 0 saturated carbocycles. The molecule has 1 unspecified atom stereocenters. The molecular formula is C13H24N2O4. The molecule has 2 atom stereocenters. The Morgan fingerprint density at radius 1 is 1.32 bits per heavy atom. The van der Waals surface area contributed by atoms with Gasteiger partial charge in [-0.3, -0.25) is 4.79 Å². The van der Waals surface area contributed by atoms with Crippen LogP contribution in [0.2, 0.25) is 0 Å². The third-order valence-corrected chi connectivity index (χ3v) is 2.36. The minimum Gasteiger partial charge on any atom is -0.458 e. The van der Waals surface area contributed by atoms with Gasteiger partial charge >= 0.3 is 5.97 Å². The van der Waals surface area contributed by atoms with Crippen LogP contribution in [0.15, 0.2) is 0 Å². The number of ether oxygens (including phenoxy) is 1. The predicted molar refractivity (Wildman–Crippen MR) is 71.3 cm³/mol. The van der Waals surface area contributed by atoms with Gasteiger partial charge in [-0.25, -0.2) is 4.79 Å². The number of nitrogens with two attached hydrogens (primary N) is 1. The molecule has 0 aromatic heterocycles. The summed E-state index contributed by atoms with van der Waals surface area (Å²) in [6.07, 6.45) is 0.432. The molecule has 110 valence electrons. The summed E-state index contributed by atoms with van der Waals surface area (Å²) in [5, 5.41) is 2.45. The first-order chi connectivity index (χ1) is 8.58. The fourth-order valence-electron chi connectivity index (χ4n) is 1.25. The van der Waals surface area contributed by atoms with Gasteiger partial charge in [0.1, 0.15) is 17.9 Å². The van der Waals surface area contributed by atoms with Gasteiger partial charge in [0, 0.05) is 6.42 Å². The molecule has 6 nitrogen and oxygen atoms in total. The second-order valence-corrected chi connectivity index (χ2v) is 5.77. The van der Waals surface area contributed by atoms with Crippen molar-refractivity contribution in [3.05, 3.63) is 0 Å². The largest absolute Gasteiger partial charge is 0.458 e. The number of esters is 1. The number of carbonyl (C=O) groups is 3. The molecule has 1 amide bonds. The third-order valence-electron chi connectivity index (χ3n) is 2.36. The van der Waals surface area contributed by atoms with E-state index in [0.717, 1.165) is 0 Å². The summed E-state index contributed by atoms with van der Waals surface area (Å²) in [5.74, 6) is -1.16. The Balaban J connectivity index is 4.70. The molecular weight excluding hydrogens is 248 g/mol. The first-order valence-corrected chi connectivity index (χ1v) is 6.31. The first-order valence-electron chi connectivity index (χ1n) is 6.31. The number of aldehydes is 1. The SMILES string of the molecule is CC(C)[C@H](N)C(=O)NC(CC=O)C(=O)OC(C)(C)C. The molecule has 0 bridgehead atoms. The van der Waals surface area contributed by atoms with Crippen LogP contribution in [0.4, 0.5) is 0 Å². The Morgan fingerprint density at radius 3 is 2.21 bits per heavy atom. The molecule has 0 rings (SSSR count). The second kappa shape index (κ2) is 7.23. The van der Waals surface area contributed by atoms with Gasteiger partial charge in [0.25, 0.3) is 0 Å². The van der Waals surface area contributed by atoms with Crippen LogP contribution in [0.1, 0.15) is 41.0 Å². The van der Waals surface area contributed by atoms with Gasteiger partial charge in [-0.1, -0.05) is 13.8 Å². The summed E-state index contributed by atoms with van der Waals surface area (Å²) in [7, 11) is 0. The molecule has 0 aromatic carbocycles. The number of rotatable bonds is 6. The number of nitrogens with one attached hydrogen (secondary N) is 1. The molecule has 3 N–H and O–H groups in total. The van der Waals surface area contributed by atoms with Crippen LogP contribution < -0.4 is 11.1 Å². The lowest BCUT2D eigenvalue weighted by Gasteiger charge is -2.25. The molecule has 19 heavy (non-hydrogen) atoms. The zero-order chi connectivity index (χ0) is 15.2. The van der Waals surface area contributed by atoms with Crippen molar-refractivity contribution >= 4 is 18.2 Å². The summed E-state index contributed by atoms with van der Waals surface area (Å²) in [6.45, 7) is 8.73. The summed E-state index contributed by atoms with van der Waals surface area (Å²) >= 11 is 0. The minimum absolute atomic E-state index is 0.0597. The highest BCUT2D eigenvalue weighted by molar-refractivity contribution is 5.88. The Kier molecular flexibility index (Phi) is 6.69. The van der Waals surface area contributed by atoms with E-state index in [2.05, 4.69) is 5.32 Å². The fourth-order valence-corrected chi connectivity index (χ4v) is 1.25. The smallest absolute Gasteiger partial charge is 0.329 e. The highest BCUT2D eigenvalue weighted by atomic mass is 16.6. The maximum absolute atomic E-state index is 11.8. The van der Waals surface area contributed by atoms with E-state index in [4.69, 9.17) is 10.5 Å². The number of amides is 1. The van der Waals surface area contributed by atoms with E-state index < -0.39 is 29.6 Å². The summed E-state index contributed by atoms with van der Waals surface area (Å²) < 4.78 is 5.14. The Labute approximate surface area is 114 Å². The standard InChI is InChI=1S/C13H24N2O4/c1-8(2)10(14)11(17)15-9(6-7-16)12(18)19-13(3,4)5/h7-10H,6,14H2,1-5H3,(H,15,17)/t9?,10-/m0/s1. The molecule has 6 heteroatoms. The lowest BCUT2D eigenvalue weighted by Crippen LogP contribution is -2.51.